The van der Waals surface area contributed by atoms with E-state index in [9.17, 15) is 5.26 Å². The largest absolute Gasteiger partial charge is 0.382 e. The Morgan fingerprint density at radius 2 is 1.86 bits per heavy atom. The number of benzene rings is 1. The smallest absolute Gasteiger partial charge is 0.150 e. The Kier molecular flexibility index (Phi) is 4.52. The van der Waals surface area contributed by atoms with Crippen LogP contribution < -0.4 is 11.1 Å². The number of nitrogen functional groups attached to an aromatic ring is 1. The van der Waals surface area contributed by atoms with Crippen molar-refractivity contribution >= 4 is 22.7 Å². The molecule has 0 amide bonds. The van der Waals surface area contributed by atoms with Gasteiger partial charge < -0.3 is 11.1 Å². The SMILES string of the molecule is C[C@@H](Nc1ncnc(N)c1C#N)c1nc2cccnc2cc1-c1ccccc1. The summed E-state index contributed by atoms with van der Waals surface area (Å²) in [4.78, 5) is 17.3. The molecule has 4 aromatic rings. The molecule has 3 aromatic heterocycles. The van der Waals surface area contributed by atoms with Crippen LogP contribution in [-0.4, -0.2) is 19.9 Å². The minimum atomic E-state index is -0.235. The first-order chi connectivity index (χ1) is 13.7. The summed E-state index contributed by atoms with van der Waals surface area (Å²) < 4.78 is 0. The maximum absolute atomic E-state index is 9.38. The summed E-state index contributed by atoms with van der Waals surface area (Å²) in [6, 6.07) is 17.6. The molecular weight excluding hydrogens is 350 g/mol. The molecule has 3 heterocycles. The first-order valence-corrected chi connectivity index (χ1v) is 8.75. The number of pyridine rings is 2. The van der Waals surface area contributed by atoms with E-state index in [1.54, 1.807) is 6.20 Å². The fraction of sp³-hybridized carbons (Fsp3) is 0.0952. The van der Waals surface area contributed by atoms with E-state index in [1.807, 2.05) is 55.5 Å². The number of nitrogens with zero attached hydrogens (tertiary/aromatic N) is 5. The fourth-order valence-corrected chi connectivity index (χ4v) is 3.09. The highest BCUT2D eigenvalue weighted by Gasteiger charge is 2.18. The van der Waals surface area contributed by atoms with Crippen molar-refractivity contribution in [2.75, 3.05) is 11.1 Å². The van der Waals surface area contributed by atoms with E-state index in [-0.39, 0.29) is 17.4 Å². The summed E-state index contributed by atoms with van der Waals surface area (Å²) in [6.07, 6.45) is 3.09. The van der Waals surface area contributed by atoms with Crippen LogP contribution in [0.4, 0.5) is 11.6 Å². The molecule has 7 heteroatoms. The summed E-state index contributed by atoms with van der Waals surface area (Å²) in [6.45, 7) is 1.97. The van der Waals surface area contributed by atoms with Crippen LogP contribution in [0.3, 0.4) is 0 Å². The summed E-state index contributed by atoms with van der Waals surface area (Å²) in [7, 11) is 0. The van der Waals surface area contributed by atoms with Gasteiger partial charge in [0.15, 0.2) is 0 Å². The van der Waals surface area contributed by atoms with Crippen molar-refractivity contribution in [3.8, 4) is 17.2 Å². The van der Waals surface area contributed by atoms with Gasteiger partial charge in [0.2, 0.25) is 0 Å². The van der Waals surface area contributed by atoms with E-state index in [1.165, 1.54) is 6.33 Å². The van der Waals surface area contributed by atoms with E-state index < -0.39 is 0 Å². The van der Waals surface area contributed by atoms with Crippen molar-refractivity contribution in [1.29, 1.82) is 5.26 Å². The molecule has 0 fully saturated rings. The van der Waals surface area contributed by atoms with Crippen LogP contribution in [0.15, 0.2) is 61.1 Å². The number of hydrogen-bond donors (Lipinski definition) is 2. The lowest BCUT2D eigenvalue weighted by atomic mass is 9.99. The van der Waals surface area contributed by atoms with E-state index >= 15 is 0 Å². The minimum absolute atomic E-state index is 0.145. The Balaban J connectivity index is 1.83. The quantitative estimate of drug-likeness (QED) is 0.565. The number of anilines is 2. The molecule has 1 atom stereocenters. The number of nitrogens with one attached hydrogen (secondary N) is 1. The van der Waals surface area contributed by atoms with E-state index in [4.69, 9.17) is 10.7 Å². The lowest BCUT2D eigenvalue weighted by Crippen LogP contribution is -2.13. The zero-order valence-corrected chi connectivity index (χ0v) is 15.2. The average molecular weight is 367 g/mol. The second kappa shape index (κ2) is 7.29. The highest BCUT2D eigenvalue weighted by molar-refractivity contribution is 5.82. The van der Waals surface area contributed by atoms with Crippen LogP contribution in [0.1, 0.15) is 24.2 Å². The standard InChI is InChI=1S/C21H17N7/c1-13(27-21-16(11-22)20(23)25-12-26-21)19-15(14-6-3-2-4-7-14)10-18-17(28-19)8-5-9-24-18/h2-10,12-13H,1H3,(H3,23,25,26,27)/t13-/m1/s1. The summed E-state index contributed by atoms with van der Waals surface area (Å²) >= 11 is 0. The molecule has 0 aliphatic rings. The summed E-state index contributed by atoms with van der Waals surface area (Å²) in [5, 5.41) is 12.6. The Bertz CT molecular complexity index is 1180. The molecular formula is C21H17N7. The van der Waals surface area contributed by atoms with E-state index in [2.05, 4.69) is 26.3 Å². The van der Waals surface area contributed by atoms with Crippen molar-refractivity contribution in [3.05, 3.63) is 72.3 Å². The third-order valence-corrected chi connectivity index (χ3v) is 4.45. The van der Waals surface area contributed by atoms with E-state index in [0.29, 0.717) is 5.82 Å². The fourth-order valence-electron chi connectivity index (χ4n) is 3.09. The van der Waals surface area contributed by atoms with Crippen molar-refractivity contribution in [3.63, 3.8) is 0 Å². The molecule has 3 N–H and O–H groups in total. The molecule has 0 bridgehead atoms. The average Bonchev–Trinajstić information content (AvgIpc) is 2.73. The number of nitriles is 1. The summed E-state index contributed by atoms with van der Waals surface area (Å²) in [5.74, 6) is 0.528. The van der Waals surface area contributed by atoms with Gasteiger partial charge >= 0.3 is 0 Å². The van der Waals surface area contributed by atoms with Gasteiger partial charge in [0, 0.05) is 11.8 Å². The van der Waals surface area contributed by atoms with Crippen molar-refractivity contribution in [1.82, 2.24) is 19.9 Å². The van der Waals surface area contributed by atoms with Gasteiger partial charge in [0.1, 0.15) is 29.6 Å². The monoisotopic (exact) mass is 367 g/mol. The molecule has 7 nitrogen and oxygen atoms in total. The van der Waals surface area contributed by atoms with Crippen molar-refractivity contribution < 1.29 is 0 Å². The Hall–Kier alpha value is -4.05. The van der Waals surface area contributed by atoms with Gasteiger partial charge in [-0.15, -0.1) is 0 Å². The molecule has 4 rings (SSSR count). The van der Waals surface area contributed by atoms with Gasteiger partial charge in [-0.3, -0.25) is 4.98 Å². The van der Waals surface area contributed by atoms with Gasteiger partial charge in [0.05, 0.1) is 22.8 Å². The first kappa shape index (κ1) is 17.4. The Morgan fingerprint density at radius 3 is 2.64 bits per heavy atom. The van der Waals surface area contributed by atoms with Crippen LogP contribution in [-0.2, 0) is 0 Å². The van der Waals surface area contributed by atoms with Gasteiger partial charge in [0.25, 0.3) is 0 Å². The second-order valence-electron chi connectivity index (χ2n) is 6.29. The zero-order chi connectivity index (χ0) is 19.5. The molecule has 0 aliphatic heterocycles. The van der Waals surface area contributed by atoms with Crippen LogP contribution in [0.2, 0.25) is 0 Å². The second-order valence-corrected chi connectivity index (χ2v) is 6.29. The van der Waals surface area contributed by atoms with Gasteiger partial charge in [-0.1, -0.05) is 30.3 Å². The molecule has 0 saturated carbocycles. The van der Waals surface area contributed by atoms with Crippen LogP contribution in [0.5, 0.6) is 0 Å². The van der Waals surface area contributed by atoms with E-state index in [0.717, 1.165) is 27.9 Å². The number of rotatable bonds is 4. The van der Waals surface area contributed by atoms with Crippen molar-refractivity contribution in [2.45, 2.75) is 13.0 Å². The Morgan fingerprint density at radius 1 is 1.04 bits per heavy atom. The topological polar surface area (TPSA) is 113 Å². The van der Waals surface area contributed by atoms with Gasteiger partial charge in [-0.05, 0) is 30.7 Å². The molecule has 136 valence electrons. The van der Waals surface area contributed by atoms with Gasteiger partial charge in [-0.2, -0.15) is 5.26 Å². The molecule has 0 saturated heterocycles. The molecule has 28 heavy (non-hydrogen) atoms. The molecule has 0 spiro atoms. The number of hydrogen-bond acceptors (Lipinski definition) is 7. The first-order valence-electron chi connectivity index (χ1n) is 8.75. The van der Waals surface area contributed by atoms with Crippen LogP contribution >= 0.6 is 0 Å². The molecule has 0 aliphatic carbocycles. The highest BCUT2D eigenvalue weighted by Crippen LogP contribution is 2.31. The molecule has 0 unspecified atom stereocenters. The van der Waals surface area contributed by atoms with Crippen LogP contribution in [0.25, 0.3) is 22.2 Å². The number of fused-ring (bicyclic) bond motifs is 1. The predicted molar refractivity (Wildman–Crippen MR) is 108 cm³/mol. The van der Waals surface area contributed by atoms with Crippen LogP contribution in [0, 0.1) is 11.3 Å². The third kappa shape index (κ3) is 3.19. The lowest BCUT2D eigenvalue weighted by Gasteiger charge is -2.19. The lowest BCUT2D eigenvalue weighted by molar-refractivity contribution is 0.838. The molecule has 1 aromatic carbocycles. The Labute approximate surface area is 161 Å². The maximum atomic E-state index is 9.38. The highest BCUT2D eigenvalue weighted by atomic mass is 15.1. The number of nitrogens with two attached hydrogens (primary N) is 1. The zero-order valence-electron chi connectivity index (χ0n) is 15.2. The normalized spacial score (nSPS) is 11.7. The minimum Gasteiger partial charge on any atom is -0.382 e. The maximum Gasteiger partial charge on any atom is 0.150 e. The number of aromatic nitrogens is 4. The third-order valence-electron chi connectivity index (χ3n) is 4.45. The predicted octanol–water partition coefficient (Wildman–Crippen LogP) is 3.71. The summed E-state index contributed by atoms with van der Waals surface area (Å²) in [5.41, 5.74) is 10.5. The van der Waals surface area contributed by atoms with Crippen molar-refractivity contribution in [2.24, 2.45) is 0 Å². The molecule has 0 radical (unpaired) electrons. The van der Waals surface area contributed by atoms with Gasteiger partial charge in [-0.25, -0.2) is 15.0 Å².